The minimum Gasteiger partial charge on any atom is -0.478 e. The molecule has 4 heteroatoms. The summed E-state index contributed by atoms with van der Waals surface area (Å²) in [5, 5.41) is 8.90. The fraction of sp³-hybridized carbons (Fsp3) is 0.143. The van der Waals surface area contributed by atoms with Crippen LogP contribution >= 0.6 is 0 Å². The lowest BCUT2D eigenvalue weighted by atomic mass is 10.1. The van der Waals surface area contributed by atoms with Crippen LogP contribution in [0.3, 0.4) is 0 Å². The number of pyridine rings is 1. The van der Waals surface area contributed by atoms with Gasteiger partial charge < -0.3 is 9.67 Å². The van der Waals surface area contributed by atoms with Crippen molar-refractivity contribution in [3.05, 3.63) is 69.6 Å². The summed E-state index contributed by atoms with van der Waals surface area (Å²) >= 11 is 0. The maximum atomic E-state index is 11.7. The van der Waals surface area contributed by atoms with E-state index in [1.54, 1.807) is 35.0 Å². The Morgan fingerprint density at radius 2 is 2.06 bits per heavy atom. The van der Waals surface area contributed by atoms with Gasteiger partial charge in [-0.05, 0) is 36.2 Å². The van der Waals surface area contributed by atoms with Gasteiger partial charge in [0.05, 0.1) is 12.1 Å². The van der Waals surface area contributed by atoms with E-state index in [1.807, 2.05) is 13.0 Å². The quantitative estimate of drug-likeness (QED) is 0.895. The first-order valence-electron chi connectivity index (χ1n) is 5.55. The van der Waals surface area contributed by atoms with Crippen LogP contribution in [0.25, 0.3) is 0 Å². The van der Waals surface area contributed by atoms with Gasteiger partial charge in [0.1, 0.15) is 0 Å². The van der Waals surface area contributed by atoms with Gasteiger partial charge in [0.2, 0.25) is 0 Å². The van der Waals surface area contributed by atoms with Crippen LogP contribution in [0.2, 0.25) is 0 Å². The Kier molecular flexibility index (Phi) is 3.28. The molecule has 1 aromatic heterocycles. The van der Waals surface area contributed by atoms with E-state index < -0.39 is 5.97 Å². The van der Waals surface area contributed by atoms with Crippen LogP contribution in [-0.2, 0) is 6.54 Å². The molecule has 0 spiro atoms. The molecule has 0 atom stereocenters. The van der Waals surface area contributed by atoms with Crippen LogP contribution in [-0.4, -0.2) is 15.6 Å². The molecule has 1 heterocycles. The zero-order chi connectivity index (χ0) is 13.1. The van der Waals surface area contributed by atoms with Gasteiger partial charge in [-0.25, -0.2) is 4.79 Å². The molecule has 0 unspecified atom stereocenters. The number of aryl methyl sites for hydroxylation is 1. The summed E-state index contributed by atoms with van der Waals surface area (Å²) in [6.45, 7) is 2.23. The number of carboxylic acids is 1. The average Bonchev–Trinajstić information content (AvgIpc) is 2.33. The summed E-state index contributed by atoms with van der Waals surface area (Å²) in [6.07, 6.45) is 1.71. The van der Waals surface area contributed by atoms with E-state index in [1.165, 1.54) is 6.07 Å². The molecule has 0 aliphatic rings. The molecule has 0 fully saturated rings. The second-order valence-corrected chi connectivity index (χ2v) is 4.18. The normalized spacial score (nSPS) is 10.3. The minimum atomic E-state index is -0.965. The number of carboxylic acid groups (broad SMARTS) is 1. The van der Waals surface area contributed by atoms with Gasteiger partial charge in [0, 0.05) is 12.3 Å². The summed E-state index contributed by atoms with van der Waals surface area (Å²) in [5.74, 6) is -0.965. The highest BCUT2D eigenvalue weighted by Gasteiger charge is 2.04. The molecule has 0 saturated heterocycles. The van der Waals surface area contributed by atoms with E-state index in [0.717, 1.165) is 11.1 Å². The van der Waals surface area contributed by atoms with E-state index in [9.17, 15) is 9.59 Å². The number of carbonyl (C=O) groups is 1. The molecule has 4 nitrogen and oxygen atoms in total. The largest absolute Gasteiger partial charge is 0.478 e. The highest BCUT2D eigenvalue weighted by atomic mass is 16.4. The first-order chi connectivity index (χ1) is 8.56. The van der Waals surface area contributed by atoms with Crippen molar-refractivity contribution in [1.82, 2.24) is 4.57 Å². The summed E-state index contributed by atoms with van der Waals surface area (Å²) in [6, 6.07) is 10.00. The molecule has 0 bridgehead atoms. The number of hydrogen-bond acceptors (Lipinski definition) is 2. The van der Waals surface area contributed by atoms with Crippen LogP contribution in [0.1, 0.15) is 21.5 Å². The lowest BCUT2D eigenvalue weighted by Crippen LogP contribution is -2.19. The first kappa shape index (κ1) is 12.1. The van der Waals surface area contributed by atoms with E-state index in [0.29, 0.717) is 6.54 Å². The van der Waals surface area contributed by atoms with Gasteiger partial charge in [-0.1, -0.05) is 12.1 Å². The van der Waals surface area contributed by atoms with Gasteiger partial charge in [0.25, 0.3) is 5.56 Å². The van der Waals surface area contributed by atoms with Crippen molar-refractivity contribution >= 4 is 5.97 Å². The van der Waals surface area contributed by atoms with Gasteiger partial charge >= 0.3 is 5.97 Å². The molecular weight excluding hydrogens is 230 g/mol. The molecule has 2 aromatic rings. The van der Waals surface area contributed by atoms with Crippen molar-refractivity contribution in [3.63, 3.8) is 0 Å². The van der Waals surface area contributed by atoms with Gasteiger partial charge in [0.15, 0.2) is 0 Å². The number of aromatic carboxylic acids is 1. The number of benzene rings is 1. The van der Waals surface area contributed by atoms with Gasteiger partial charge in [-0.15, -0.1) is 0 Å². The first-order valence-corrected chi connectivity index (χ1v) is 5.55. The van der Waals surface area contributed by atoms with Crippen molar-refractivity contribution in [2.75, 3.05) is 0 Å². The Labute approximate surface area is 104 Å². The third kappa shape index (κ3) is 2.66. The number of hydrogen-bond donors (Lipinski definition) is 1. The third-order valence-corrected chi connectivity index (χ3v) is 2.68. The van der Waals surface area contributed by atoms with Crippen LogP contribution in [0.15, 0.2) is 47.4 Å². The van der Waals surface area contributed by atoms with Gasteiger partial charge in [-0.2, -0.15) is 0 Å². The fourth-order valence-corrected chi connectivity index (χ4v) is 1.74. The molecule has 0 aliphatic heterocycles. The molecule has 0 saturated carbocycles. The third-order valence-electron chi connectivity index (χ3n) is 2.68. The molecule has 92 valence electrons. The van der Waals surface area contributed by atoms with Crippen LogP contribution in [0.4, 0.5) is 0 Å². The summed E-state index contributed by atoms with van der Waals surface area (Å²) in [5.41, 5.74) is 1.85. The molecule has 1 aromatic carbocycles. The zero-order valence-electron chi connectivity index (χ0n) is 9.96. The highest BCUT2D eigenvalue weighted by Crippen LogP contribution is 2.06. The molecule has 18 heavy (non-hydrogen) atoms. The van der Waals surface area contributed by atoms with Crippen LogP contribution < -0.4 is 5.56 Å². The SMILES string of the molecule is Cc1ccn(Cc2cccc(C(=O)O)c2)c(=O)c1. The standard InChI is InChI=1S/C14H13NO3/c1-10-5-6-15(13(16)7-10)9-11-3-2-4-12(8-11)14(17)18/h2-8H,9H2,1H3,(H,17,18). The zero-order valence-corrected chi connectivity index (χ0v) is 9.96. The van der Waals surface area contributed by atoms with E-state index in [-0.39, 0.29) is 11.1 Å². The molecule has 0 amide bonds. The Morgan fingerprint density at radius 1 is 1.28 bits per heavy atom. The van der Waals surface area contributed by atoms with Crippen molar-refractivity contribution in [1.29, 1.82) is 0 Å². The summed E-state index contributed by atoms with van der Waals surface area (Å²) in [7, 11) is 0. The van der Waals surface area contributed by atoms with Crippen molar-refractivity contribution in [3.8, 4) is 0 Å². The smallest absolute Gasteiger partial charge is 0.335 e. The van der Waals surface area contributed by atoms with Crippen molar-refractivity contribution < 1.29 is 9.90 Å². The second-order valence-electron chi connectivity index (χ2n) is 4.18. The Hall–Kier alpha value is -2.36. The lowest BCUT2D eigenvalue weighted by molar-refractivity contribution is 0.0696. The fourth-order valence-electron chi connectivity index (χ4n) is 1.74. The summed E-state index contributed by atoms with van der Waals surface area (Å²) < 4.78 is 1.55. The number of nitrogens with zero attached hydrogens (tertiary/aromatic N) is 1. The maximum Gasteiger partial charge on any atom is 0.335 e. The molecule has 0 aliphatic carbocycles. The van der Waals surface area contributed by atoms with E-state index >= 15 is 0 Å². The highest BCUT2D eigenvalue weighted by molar-refractivity contribution is 5.87. The van der Waals surface area contributed by atoms with Gasteiger partial charge in [-0.3, -0.25) is 4.79 Å². The van der Waals surface area contributed by atoms with Crippen molar-refractivity contribution in [2.24, 2.45) is 0 Å². The topological polar surface area (TPSA) is 59.3 Å². The lowest BCUT2D eigenvalue weighted by Gasteiger charge is -2.06. The Morgan fingerprint density at radius 3 is 2.72 bits per heavy atom. The average molecular weight is 243 g/mol. The number of aromatic nitrogens is 1. The van der Waals surface area contributed by atoms with Crippen LogP contribution in [0.5, 0.6) is 0 Å². The number of rotatable bonds is 3. The Balaban J connectivity index is 2.31. The molecule has 1 N–H and O–H groups in total. The maximum absolute atomic E-state index is 11.7. The Bertz CT molecular complexity index is 643. The summed E-state index contributed by atoms with van der Waals surface area (Å²) in [4.78, 5) is 22.6. The van der Waals surface area contributed by atoms with Crippen LogP contribution in [0, 0.1) is 6.92 Å². The minimum absolute atomic E-state index is 0.0873. The second kappa shape index (κ2) is 4.87. The molecule has 2 rings (SSSR count). The molecular formula is C14H13NO3. The predicted octanol–water partition coefficient (Wildman–Crippen LogP) is 1.90. The molecule has 0 radical (unpaired) electrons. The van der Waals surface area contributed by atoms with E-state index in [2.05, 4.69) is 0 Å². The monoisotopic (exact) mass is 243 g/mol. The predicted molar refractivity (Wildman–Crippen MR) is 67.9 cm³/mol. The van der Waals surface area contributed by atoms with E-state index in [4.69, 9.17) is 5.11 Å². The van der Waals surface area contributed by atoms with Crippen molar-refractivity contribution in [2.45, 2.75) is 13.5 Å².